The Morgan fingerprint density at radius 1 is 1.25 bits per heavy atom. The van der Waals surface area contributed by atoms with Gasteiger partial charge in [-0.2, -0.15) is 0 Å². The monoisotopic (exact) mass is 221 g/mol. The molecule has 16 heavy (non-hydrogen) atoms. The minimum Gasteiger partial charge on any atom is -0.480 e. The lowest BCUT2D eigenvalue weighted by Crippen LogP contribution is -2.41. The third-order valence-electron chi connectivity index (χ3n) is 2.71. The van der Waals surface area contributed by atoms with Crippen LogP contribution in [0.1, 0.15) is 21.5 Å². The summed E-state index contributed by atoms with van der Waals surface area (Å²) in [5, 5.41) is 20.5. The van der Waals surface area contributed by atoms with E-state index in [1.54, 1.807) is 12.1 Å². The molecule has 2 rings (SSSR count). The highest BCUT2D eigenvalue weighted by atomic mass is 16.4. The minimum atomic E-state index is -0.969. The van der Waals surface area contributed by atoms with Crippen LogP contribution in [0.4, 0.5) is 0 Å². The molecule has 1 aromatic carbocycles. The highest BCUT2D eigenvalue weighted by Crippen LogP contribution is 2.18. The van der Waals surface area contributed by atoms with Gasteiger partial charge in [0.1, 0.15) is 6.04 Å². The lowest BCUT2D eigenvalue weighted by molar-refractivity contribution is -0.139. The molecule has 0 amide bonds. The van der Waals surface area contributed by atoms with E-state index in [0.29, 0.717) is 13.0 Å². The zero-order valence-electron chi connectivity index (χ0n) is 8.43. The molecule has 3 N–H and O–H groups in total. The van der Waals surface area contributed by atoms with E-state index in [1.807, 2.05) is 0 Å². The summed E-state index contributed by atoms with van der Waals surface area (Å²) in [6, 6.07) is 4.20. The Balaban J connectivity index is 2.29. The van der Waals surface area contributed by atoms with Gasteiger partial charge in [-0.15, -0.1) is 0 Å². The molecule has 1 unspecified atom stereocenters. The fourth-order valence-corrected chi connectivity index (χ4v) is 1.82. The van der Waals surface area contributed by atoms with Crippen molar-refractivity contribution in [1.29, 1.82) is 0 Å². The van der Waals surface area contributed by atoms with Crippen molar-refractivity contribution >= 4 is 11.9 Å². The van der Waals surface area contributed by atoms with E-state index in [2.05, 4.69) is 5.32 Å². The van der Waals surface area contributed by atoms with E-state index in [-0.39, 0.29) is 5.56 Å². The molecule has 0 saturated carbocycles. The summed E-state index contributed by atoms with van der Waals surface area (Å²) in [6.07, 6.45) is 0.393. The van der Waals surface area contributed by atoms with Crippen molar-refractivity contribution in [3.05, 3.63) is 34.9 Å². The average molecular weight is 221 g/mol. The van der Waals surface area contributed by atoms with Gasteiger partial charge >= 0.3 is 11.9 Å². The lowest BCUT2D eigenvalue weighted by Gasteiger charge is -2.23. The zero-order valence-corrected chi connectivity index (χ0v) is 8.43. The topological polar surface area (TPSA) is 86.6 Å². The maximum atomic E-state index is 10.8. The molecule has 1 aliphatic heterocycles. The smallest absolute Gasteiger partial charge is 0.335 e. The van der Waals surface area contributed by atoms with E-state index < -0.39 is 18.0 Å². The standard InChI is InChI=1S/C11H11NO4/c13-10(14)7-2-1-6-4-9(11(15)16)12-5-8(6)3-7/h1-3,9,12H,4-5H2,(H,13,14)(H,15,16). The predicted molar refractivity (Wildman–Crippen MR) is 55.4 cm³/mol. The molecule has 1 atom stereocenters. The first-order valence-electron chi connectivity index (χ1n) is 4.89. The average Bonchev–Trinajstić information content (AvgIpc) is 2.27. The Kier molecular flexibility index (Phi) is 2.62. The van der Waals surface area contributed by atoms with E-state index in [1.165, 1.54) is 6.07 Å². The Morgan fingerprint density at radius 3 is 2.62 bits per heavy atom. The second-order valence-electron chi connectivity index (χ2n) is 3.76. The largest absolute Gasteiger partial charge is 0.480 e. The van der Waals surface area contributed by atoms with Gasteiger partial charge in [0.2, 0.25) is 0 Å². The first-order valence-corrected chi connectivity index (χ1v) is 4.89. The van der Waals surface area contributed by atoms with Crippen molar-refractivity contribution in [1.82, 2.24) is 5.32 Å². The number of carbonyl (C=O) groups is 2. The SMILES string of the molecule is O=C(O)c1ccc2c(c1)CNC(C(=O)O)C2. The molecule has 0 bridgehead atoms. The van der Waals surface area contributed by atoms with E-state index >= 15 is 0 Å². The van der Waals surface area contributed by atoms with Gasteiger partial charge in [-0.25, -0.2) is 4.79 Å². The maximum absolute atomic E-state index is 10.8. The third-order valence-corrected chi connectivity index (χ3v) is 2.71. The van der Waals surface area contributed by atoms with E-state index in [4.69, 9.17) is 10.2 Å². The van der Waals surface area contributed by atoms with E-state index in [9.17, 15) is 9.59 Å². The van der Waals surface area contributed by atoms with Crippen LogP contribution in [0, 0.1) is 0 Å². The molecule has 1 aliphatic rings. The maximum Gasteiger partial charge on any atom is 0.335 e. The van der Waals surface area contributed by atoms with Crippen molar-refractivity contribution in [2.45, 2.75) is 19.0 Å². The molecular formula is C11H11NO4. The van der Waals surface area contributed by atoms with Crippen LogP contribution in [0.15, 0.2) is 18.2 Å². The molecule has 0 fully saturated rings. The van der Waals surface area contributed by atoms with Crippen molar-refractivity contribution < 1.29 is 19.8 Å². The van der Waals surface area contributed by atoms with Gasteiger partial charge in [0, 0.05) is 6.54 Å². The van der Waals surface area contributed by atoms with Crippen LogP contribution in [-0.2, 0) is 17.8 Å². The van der Waals surface area contributed by atoms with Crippen LogP contribution in [-0.4, -0.2) is 28.2 Å². The Morgan fingerprint density at radius 2 is 2.00 bits per heavy atom. The first-order chi connectivity index (χ1) is 7.58. The van der Waals surface area contributed by atoms with Crippen LogP contribution < -0.4 is 5.32 Å². The number of carboxylic acid groups (broad SMARTS) is 2. The summed E-state index contributed by atoms with van der Waals surface area (Å²) in [6.45, 7) is 0.396. The molecular weight excluding hydrogens is 210 g/mol. The van der Waals surface area contributed by atoms with Gasteiger partial charge in [0.25, 0.3) is 0 Å². The quantitative estimate of drug-likeness (QED) is 0.676. The second kappa shape index (κ2) is 3.94. The number of benzene rings is 1. The number of nitrogens with one attached hydrogen (secondary N) is 1. The van der Waals surface area contributed by atoms with E-state index in [0.717, 1.165) is 11.1 Å². The van der Waals surface area contributed by atoms with Gasteiger partial charge in [-0.1, -0.05) is 6.07 Å². The molecule has 0 aliphatic carbocycles. The molecule has 0 spiro atoms. The van der Waals surface area contributed by atoms with Crippen molar-refractivity contribution in [3.63, 3.8) is 0 Å². The highest BCUT2D eigenvalue weighted by molar-refractivity contribution is 5.88. The van der Waals surface area contributed by atoms with Crippen LogP contribution in [0.2, 0.25) is 0 Å². The summed E-state index contributed by atoms with van der Waals surface area (Å²) in [4.78, 5) is 21.5. The molecule has 0 aromatic heterocycles. The lowest BCUT2D eigenvalue weighted by atomic mass is 9.94. The summed E-state index contributed by atoms with van der Waals surface area (Å²) in [7, 11) is 0. The number of rotatable bonds is 2. The molecule has 0 radical (unpaired) electrons. The van der Waals surface area contributed by atoms with Gasteiger partial charge < -0.3 is 15.5 Å². The van der Waals surface area contributed by atoms with Crippen LogP contribution >= 0.6 is 0 Å². The molecule has 84 valence electrons. The Bertz CT molecular complexity index is 455. The van der Waals surface area contributed by atoms with Gasteiger partial charge in [0.15, 0.2) is 0 Å². The summed E-state index contributed by atoms with van der Waals surface area (Å²) in [5.41, 5.74) is 1.99. The highest BCUT2D eigenvalue weighted by Gasteiger charge is 2.23. The fraction of sp³-hybridized carbons (Fsp3) is 0.273. The first kappa shape index (κ1) is 10.6. The number of hydrogen-bond donors (Lipinski definition) is 3. The third kappa shape index (κ3) is 1.90. The normalized spacial score (nSPS) is 18.9. The summed E-state index contributed by atoms with van der Waals surface area (Å²) in [5.74, 6) is -1.85. The van der Waals surface area contributed by atoms with Gasteiger partial charge in [-0.3, -0.25) is 4.79 Å². The van der Waals surface area contributed by atoms with Crippen LogP contribution in [0.5, 0.6) is 0 Å². The molecule has 1 heterocycles. The number of aliphatic carboxylic acids is 1. The molecule has 5 nitrogen and oxygen atoms in total. The van der Waals surface area contributed by atoms with Crippen molar-refractivity contribution in [3.8, 4) is 0 Å². The Labute approximate surface area is 91.7 Å². The number of fused-ring (bicyclic) bond motifs is 1. The van der Waals surface area contributed by atoms with Crippen LogP contribution in [0.3, 0.4) is 0 Å². The molecule has 1 aromatic rings. The number of aromatic carboxylic acids is 1. The minimum absolute atomic E-state index is 0.231. The fourth-order valence-electron chi connectivity index (χ4n) is 1.82. The number of carboxylic acids is 2. The number of hydrogen-bond acceptors (Lipinski definition) is 3. The second-order valence-corrected chi connectivity index (χ2v) is 3.76. The van der Waals surface area contributed by atoms with Crippen molar-refractivity contribution in [2.24, 2.45) is 0 Å². The molecule has 5 heteroatoms. The van der Waals surface area contributed by atoms with Crippen LogP contribution in [0.25, 0.3) is 0 Å². The Hall–Kier alpha value is -1.88. The summed E-state index contributed by atoms with van der Waals surface area (Å²) < 4.78 is 0. The van der Waals surface area contributed by atoms with Gasteiger partial charge in [0.05, 0.1) is 5.56 Å². The summed E-state index contributed by atoms with van der Waals surface area (Å²) >= 11 is 0. The molecule has 0 saturated heterocycles. The van der Waals surface area contributed by atoms with Gasteiger partial charge in [-0.05, 0) is 29.7 Å². The predicted octanol–water partition coefficient (Wildman–Crippen LogP) is 0.484. The van der Waals surface area contributed by atoms with Crippen molar-refractivity contribution in [2.75, 3.05) is 0 Å². The zero-order chi connectivity index (χ0) is 11.7.